The second-order valence-electron chi connectivity index (χ2n) is 6.36. The van der Waals surface area contributed by atoms with E-state index in [1.54, 1.807) is 0 Å². The monoisotopic (exact) mass is 288 g/mol. The highest BCUT2D eigenvalue weighted by molar-refractivity contribution is 6.71. The first kappa shape index (κ1) is 16.4. The third kappa shape index (κ3) is 6.50. The molecule has 0 aliphatic carbocycles. The lowest BCUT2D eigenvalue weighted by Crippen LogP contribution is -2.33. The Hall–Kier alpha value is 0.354. The van der Waals surface area contributed by atoms with E-state index in [9.17, 15) is 0 Å². The lowest BCUT2D eigenvalue weighted by molar-refractivity contribution is 0.275. The third-order valence-corrected chi connectivity index (χ3v) is 10.1. The van der Waals surface area contributed by atoms with Crippen LogP contribution in [-0.4, -0.2) is 30.6 Å². The molecule has 0 spiro atoms. The Morgan fingerprint density at radius 2 is 1.83 bits per heavy atom. The fourth-order valence-electron chi connectivity index (χ4n) is 2.55. The maximum atomic E-state index is 5.77. The van der Waals surface area contributed by atoms with Crippen molar-refractivity contribution in [1.29, 1.82) is 0 Å². The smallest absolute Gasteiger partial charge is 0.186 e. The van der Waals surface area contributed by atoms with Crippen LogP contribution >= 0.6 is 0 Å². The van der Waals surface area contributed by atoms with E-state index in [-0.39, 0.29) is 0 Å². The summed E-state index contributed by atoms with van der Waals surface area (Å²) in [6, 6.07) is 2.79. The van der Waals surface area contributed by atoms with Crippen LogP contribution in [0.3, 0.4) is 0 Å². The van der Waals surface area contributed by atoms with Crippen LogP contribution in [0.25, 0.3) is 0 Å². The highest BCUT2D eigenvalue weighted by Crippen LogP contribution is 2.23. The van der Waals surface area contributed by atoms with E-state index < -0.39 is 17.4 Å². The summed E-state index contributed by atoms with van der Waals surface area (Å²) in [5.74, 6) is 0. The zero-order valence-electron chi connectivity index (χ0n) is 12.8. The van der Waals surface area contributed by atoms with Gasteiger partial charge in [-0.05, 0) is 43.6 Å². The molecule has 0 aromatic rings. The van der Waals surface area contributed by atoms with Gasteiger partial charge in [0.25, 0.3) is 0 Å². The van der Waals surface area contributed by atoms with Gasteiger partial charge in [-0.2, -0.15) is 0 Å². The van der Waals surface area contributed by atoms with Crippen LogP contribution < -0.4 is 0 Å². The van der Waals surface area contributed by atoms with Crippen molar-refractivity contribution in [2.45, 2.75) is 76.7 Å². The van der Waals surface area contributed by atoms with Gasteiger partial charge in [0.1, 0.15) is 0 Å². The molecule has 2 fully saturated rings. The second-order valence-corrected chi connectivity index (χ2v) is 13.8. The van der Waals surface area contributed by atoms with Crippen molar-refractivity contribution in [3.05, 3.63) is 0 Å². The Bertz CT molecular complexity index is 208. The van der Waals surface area contributed by atoms with Gasteiger partial charge >= 0.3 is 0 Å². The fourth-order valence-corrected chi connectivity index (χ4v) is 7.24. The molecule has 2 rings (SSSR count). The van der Waals surface area contributed by atoms with E-state index in [1.807, 2.05) is 0 Å². The van der Waals surface area contributed by atoms with Gasteiger partial charge < -0.3 is 8.85 Å². The van der Waals surface area contributed by atoms with E-state index in [1.165, 1.54) is 44.2 Å². The van der Waals surface area contributed by atoms with Crippen LogP contribution in [0.1, 0.15) is 46.0 Å². The Labute approximate surface area is 116 Å². The zero-order chi connectivity index (χ0) is 13.4. The molecule has 2 nitrogen and oxygen atoms in total. The maximum Gasteiger partial charge on any atom is 0.186 e. The van der Waals surface area contributed by atoms with E-state index in [0.29, 0.717) is 0 Å². The summed E-state index contributed by atoms with van der Waals surface area (Å²) >= 11 is 0. The molecule has 0 N–H and O–H groups in total. The average molecular weight is 289 g/mol. The minimum atomic E-state index is -1.09. The van der Waals surface area contributed by atoms with Gasteiger partial charge in [-0.3, -0.25) is 0 Å². The average Bonchev–Trinajstić information content (AvgIpc) is 2.39. The Morgan fingerprint density at radius 3 is 2.22 bits per heavy atom. The first-order chi connectivity index (χ1) is 8.55. The Balaban J connectivity index is 0.000000184. The van der Waals surface area contributed by atoms with Gasteiger partial charge in [0, 0.05) is 13.2 Å². The number of rotatable bonds is 2. The molecule has 108 valence electrons. The van der Waals surface area contributed by atoms with Gasteiger partial charge in [-0.25, -0.2) is 0 Å². The topological polar surface area (TPSA) is 18.5 Å². The minimum Gasteiger partial charge on any atom is -0.420 e. The second kappa shape index (κ2) is 8.51. The largest absolute Gasteiger partial charge is 0.420 e. The summed E-state index contributed by atoms with van der Waals surface area (Å²) < 4.78 is 11.4. The van der Waals surface area contributed by atoms with Crippen molar-refractivity contribution >= 4 is 17.4 Å². The highest BCUT2D eigenvalue weighted by Gasteiger charge is 2.24. The molecule has 2 aliphatic heterocycles. The normalized spacial score (nSPS) is 29.0. The number of hydrogen-bond acceptors (Lipinski definition) is 2. The van der Waals surface area contributed by atoms with Gasteiger partial charge in [0.15, 0.2) is 17.4 Å². The predicted octanol–water partition coefficient (Wildman–Crippen LogP) is 4.32. The van der Waals surface area contributed by atoms with Gasteiger partial charge in [-0.1, -0.05) is 33.1 Å². The van der Waals surface area contributed by atoms with Crippen molar-refractivity contribution in [3.8, 4) is 0 Å². The molecule has 2 atom stereocenters. The van der Waals surface area contributed by atoms with Crippen molar-refractivity contribution in [3.63, 3.8) is 0 Å². The molecule has 0 aromatic carbocycles. The van der Waals surface area contributed by atoms with Crippen LogP contribution in [0.15, 0.2) is 0 Å². The lowest BCUT2D eigenvalue weighted by Gasteiger charge is -2.27. The van der Waals surface area contributed by atoms with Crippen LogP contribution in [0.2, 0.25) is 30.7 Å². The quantitative estimate of drug-likeness (QED) is 0.704. The molecule has 2 aliphatic rings. The molecular formula is C14H32O2Si2. The van der Waals surface area contributed by atoms with Gasteiger partial charge in [0.2, 0.25) is 0 Å². The summed E-state index contributed by atoms with van der Waals surface area (Å²) in [4.78, 5) is 0. The van der Waals surface area contributed by atoms with Crippen molar-refractivity contribution in [2.75, 3.05) is 13.2 Å². The zero-order valence-corrected chi connectivity index (χ0v) is 15.0. The maximum absolute atomic E-state index is 5.77. The Kier molecular flexibility index (Phi) is 7.76. The standard InChI is InChI=1S/C8H18OSi.C6H14OSi/c1-3-8(2)10-7-5-4-6-9-10;1-8(2)6-4-3-5-7-8/h8,10H,3-7H2,1-2H3;3-6H2,1-2H3. The van der Waals surface area contributed by atoms with Crippen molar-refractivity contribution in [2.24, 2.45) is 0 Å². The predicted molar refractivity (Wildman–Crippen MR) is 84.3 cm³/mol. The SMILES string of the molecule is CCC(C)[SiH]1CCCCO1.C[Si]1(C)CCCCO1. The van der Waals surface area contributed by atoms with Crippen LogP contribution in [0.5, 0.6) is 0 Å². The molecule has 0 bridgehead atoms. The van der Waals surface area contributed by atoms with E-state index >= 15 is 0 Å². The lowest BCUT2D eigenvalue weighted by atomic mass is 10.3. The molecule has 2 saturated heterocycles. The van der Waals surface area contributed by atoms with E-state index in [0.717, 1.165) is 18.8 Å². The fraction of sp³-hybridized carbons (Fsp3) is 1.00. The summed E-state index contributed by atoms with van der Waals surface area (Å²) in [7, 11) is -1.81. The first-order valence-corrected chi connectivity index (χ1v) is 12.9. The molecule has 18 heavy (non-hydrogen) atoms. The molecule has 2 unspecified atom stereocenters. The first-order valence-electron chi connectivity index (χ1n) is 7.81. The Morgan fingerprint density at radius 1 is 1.11 bits per heavy atom. The van der Waals surface area contributed by atoms with Crippen LogP contribution in [0.4, 0.5) is 0 Å². The third-order valence-electron chi connectivity index (χ3n) is 4.16. The molecule has 0 aromatic heterocycles. The van der Waals surface area contributed by atoms with Gasteiger partial charge in [0.05, 0.1) is 0 Å². The summed E-state index contributed by atoms with van der Waals surface area (Å²) in [5, 5.41) is 0. The molecule has 0 saturated carbocycles. The van der Waals surface area contributed by atoms with E-state index in [2.05, 4.69) is 26.9 Å². The van der Waals surface area contributed by atoms with Gasteiger partial charge in [-0.15, -0.1) is 0 Å². The molecule has 4 heteroatoms. The molecule has 0 amide bonds. The van der Waals surface area contributed by atoms with Crippen molar-refractivity contribution in [1.82, 2.24) is 0 Å². The van der Waals surface area contributed by atoms with E-state index in [4.69, 9.17) is 8.85 Å². The van der Waals surface area contributed by atoms with Crippen molar-refractivity contribution < 1.29 is 8.85 Å². The highest BCUT2D eigenvalue weighted by atomic mass is 28.4. The summed E-state index contributed by atoms with van der Waals surface area (Å²) in [6.07, 6.45) is 6.74. The molecule has 2 heterocycles. The van der Waals surface area contributed by atoms with Crippen LogP contribution in [0, 0.1) is 0 Å². The number of hydrogen-bond donors (Lipinski definition) is 0. The van der Waals surface area contributed by atoms with Crippen LogP contribution in [-0.2, 0) is 8.85 Å². The molecule has 0 radical (unpaired) electrons. The summed E-state index contributed by atoms with van der Waals surface area (Å²) in [5.41, 5.74) is 0.903. The molecular weight excluding hydrogens is 256 g/mol. The summed E-state index contributed by atoms with van der Waals surface area (Å²) in [6.45, 7) is 11.3. The minimum absolute atomic E-state index is 0.720.